The molecule has 1 aromatic rings. The largest absolute Gasteiger partial charge is 0.472 e. The average molecular weight is 461 g/mol. The van der Waals surface area contributed by atoms with Crippen molar-refractivity contribution >= 4 is 23.7 Å². The number of furan rings is 1. The summed E-state index contributed by atoms with van der Waals surface area (Å²) >= 11 is 0. The van der Waals surface area contributed by atoms with Crippen molar-refractivity contribution < 1.29 is 37.8 Å². The zero-order chi connectivity index (χ0) is 23.8. The van der Waals surface area contributed by atoms with Gasteiger partial charge in [0.1, 0.15) is 6.10 Å². The van der Waals surface area contributed by atoms with E-state index in [1.54, 1.807) is 12.3 Å². The van der Waals surface area contributed by atoms with Crippen LogP contribution in [0.4, 0.5) is 0 Å². The van der Waals surface area contributed by atoms with Crippen molar-refractivity contribution in [3.8, 4) is 0 Å². The third kappa shape index (κ3) is 4.20. The van der Waals surface area contributed by atoms with E-state index in [1.807, 2.05) is 13.8 Å². The molecule has 3 aliphatic rings. The van der Waals surface area contributed by atoms with Gasteiger partial charge in [0.2, 0.25) is 0 Å². The van der Waals surface area contributed by atoms with Gasteiger partial charge in [-0.2, -0.15) is 0 Å². The van der Waals surface area contributed by atoms with Gasteiger partial charge in [-0.3, -0.25) is 19.2 Å². The summed E-state index contributed by atoms with van der Waals surface area (Å²) in [5.41, 5.74) is 0.0559. The number of hydrogen-bond donors (Lipinski definition) is 0. The summed E-state index contributed by atoms with van der Waals surface area (Å²) in [7, 11) is 1.33. The molecule has 0 spiro atoms. The molecule has 0 radical (unpaired) electrons. The molecule has 33 heavy (non-hydrogen) atoms. The number of esters is 3. The number of methoxy groups -OCH3 is 1. The van der Waals surface area contributed by atoms with Crippen LogP contribution in [-0.4, -0.2) is 36.9 Å². The summed E-state index contributed by atoms with van der Waals surface area (Å²) in [4.78, 5) is 51.9. The van der Waals surface area contributed by atoms with E-state index >= 15 is 0 Å². The lowest BCUT2D eigenvalue weighted by molar-refractivity contribution is -0.194. The second kappa shape index (κ2) is 9.31. The van der Waals surface area contributed by atoms with Crippen LogP contribution < -0.4 is 0 Å². The lowest BCUT2D eigenvalue weighted by Crippen LogP contribution is -2.61. The minimum atomic E-state index is -1.01. The van der Waals surface area contributed by atoms with Gasteiger partial charge in [-0.1, -0.05) is 20.3 Å². The molecular formula is C25H32O8. The maximum absolute atomic E-state index is 13.8. The van der Waals surface area contributed by atoms with Crippen LogP contribution in [0.15, 0.2) is 23.0 Å². The number of cyclic esters (lactones) is 1. The van der Waals surface area contributed by atoms with E-state index in [0.29, 0.717) is 25.7 Å². The number of Topliss-reactive ketones (excluding diaryl/α,β-unsaturated/α-hetero) is 1. The van der Waals surface area contributed by atoms with Crippen molar-refractivity contribution in [1.82, 2.24) is 0 Å². The minimum absolute atomic E-state index is 0.114. The lowest BCUT2D eigenvalue weighted by atomic mass is 9.48. The Hall–Kier alpha value is -2.64. The molecule has 1 aromatic heterocycles. The smallest absolute Gasteiger partial charge is 0.309 e. The van der Waals surface area contributed by atoms with Crippen molar-refractivity contribution in [3.63, 3.8) is 0 Å². The molecule has 2 heterocycles. The Labute approximate surface area is 193 Å². The van der Waals surface area contributed by atoms with Gasteiger partial charge in [0.25, 0.3) is 0 Å². The normalized spacial score (nSPS) is 35.7. The maximum atomic E-state index is 13.8. The van der Waals surface area contributed by atoms with Gasteiger partial charge in [0, 0.05) is 24.3 Å². The monoisotopic (exact) mass is 460 g/mol. The zero-order valence-electron chi connectivity index (χ0n) is 19.4. The van der Waals surface area contributed by atoms with Crippen LogP contribution in [0.25, 0.3) is 0 Å². The quantitative estimate of drug-likeness (QED) is 0.466. The molecule has 0 bridgehead atoms. The molecule has 8 heteroatoms. The zero-order valence-corrected chi connectivity index (χ0v) is 19.4. The van der Waals surface area contributed by atoms with Crippen molar-refractivity contribution in [2.24, 2.45) is 29.1 Å². The standard InChI is InChI=1S/C25H32O8/c1-4-5-6-20(26)32-19-12-17(24(29)30-3)25(2)9-7-15-16(21(25)22(19)27)11-18(33-23(15)28)14-8-10-31-13-14/h8,10,13,15-19,21H,4-7,9,11-12H2,1-3H3/t15-,16+,17+,18+,19+,21+,25+/m1/s1. The van der Waals surface area contributed by atoms with Crippen LogP contribution in [0.3, 0.4) is 0 Å². The molecule has 0 aromatic carbocycles. The fraction of sp³-hybridized carbons (Fsp3) is 0.680. The van der Waals surface area contributed by atoms with Gasteiger partial charge < -0.3 is 18.6 Å². The Morgan fingerprint density at radius 2 is 2.03 bits per heavy atom. The Morgan fingerprint density at radius 3 is 2.70 bits per heavy atom. The molecule has 1 saturated heterocycles. The van der Waals surface area contributed by atoms with Gasteiger partial charge in [-0.25, -0.2) is 0 Å². The van der Waals surface area contributed by atoms with Crippen molar-refractivity contribution in [2.45, 2.75) is 71.0 Å². The highest BCUT2D eigenvalue weighted by Gasteiger charge is 2.63. The number of unbranched alkanes of at least 4 members (excludes halogenated alkanes) is 1. The summed E-state index contributed by atoms with van der Waals surface area (Å²) in [5.74, 6) is -3.32. The van der Waals surface area contributed by atoms with Crippen LogP contribution in [0.5, 0.6) is 0 Å². The first-order valence-electron chi connectivity index (χ1n) is 11.8. The van der Waals surface area contributed by atoms with E-state index in [4.69, 9.17) is 18.6 Å². The molecule has 180 valence electrons. The third-order valence-corrected chi connectivity index (χ3v) is 7.98. The van der Waals surface area contributed by atoms with Crippen molar-refractivity contribution in [3.05, 3.63) is 24.2 Å². The fourth-order valence-electron chi connectivity index (χ4n) is 6.21. The molecule has 7 atom stereocenters. The van der Waals surface area contributed by atoms with Crippen molar-refractivity contribution in [1.29, 1.82) is 0 Å². The van der Waals surface area contributed by atoms with E-state index in [-0.39, 0.29) is 30.5 Å². The molecule has 8 nitrogen and oxygen atoms in total. The number of fused-ring (bicyclic) bond motifs is 3. The van der Waals surface area contributed by atoms with Crippen LogP contribution in [0.1, 0.15) is 70.5 Å². The highest BCUT2D eigenvalue weighted by atomic mass is 16.6. The van der Waals surface area contributed by atoms with Crippen LogP contribution in [0.2, 0.25) is 0 Å². The first-order valence-corrected chi connectivity index (χ1v) is 11.8. The highest BCUT2D eigenvalue weighted by molar-refractivity contribution is 5.92. The second-order valence-corrected chi connectivity index (χ2v) is 9.81. The number of ketones is 1. The van der Waals surface area contributed by atoms with E-state index < -0.39 is 47.3 Å². The molecule has 2 saturated carbocycles. The first-order chi connectivity index (χ1) is 15.8. The summed E-state index contributed by atoms with van der Waals surface area (Å²) < 4.78 is 21.6. The Balaban J connectivity index is 1.67. The molecule has 0 amide bonds. The van der Waals surface area contributed by atoms with E-state index in [9.17, 15) is 19.2 Å². The van der Waals surface area contributed by atoms with Gasteiger partial charge >= 0.3 is 17.9 Å². The van der Waals surface area contributed by atoms with Gasteiger partial charge in [-0.15, -0.1) is 0 Å². The Kier molecular flexibility index (Phi) is 6.64. The van der Waals surface area contributed by atoms with E-state index in [1.165, 1.54) is 13.4 Å². The predicted molar refractivity (Wildman–Crippen MR) is 115 cm³/mol. The van der Waals surface area contributed by atoms with Crippen LogP contribution in [0, 0.1) is 29.1 Å². The predicted octanol–water partition coefficient (Wildman–Crippen LogP) is 3.78. The number of carbonyl (C=O) groups excluding carboxylic acids is 4. The summed E-state index contributed by atoms with van der Waals surface area (Å²) in [6.45, 7) is 3.91. The Bertz CT molecular complexity index is 906. The first kappa shape index (κ1) is 23.5. The number of ether oxygens (including phenoxy) is 3. The topological polar surface area (TPSA) is 109 Å². The maximum Gasteiger partial charge on any atom is 0.309 e. The molecule has 0 N–H and O–H groups in total. The van der Waals surface area contributed by atoms with Crippen LogP contribution >= 0.6 is 0 Å². The summed E-state index contributed by atoms with van der Waals surface area (Å²) in [6.07, 6.45) is 4.89. The minimum Gasteiger partial charge on any atom is -0.472 e. The summed E-state index contributed by atoms with van der Waals surface area (Å²) in [6, 6.07) is 1.75. The number of carbonyl (C=O) groups is 4. The highest BCUT2D eigenvalue weighted by Crippen LogP contribution is 2.59. The molecular weight excluding hydrogens is 428 g/mol. The molecule has 1 aliphatic heterocycles. The number of hydrogen-bond acceptors (Lipinski definition) is 8. The van der Waals surface area contributed by atoms with Gasteiger partial charge in [0.05, 0.1) is 31.5 Å². The Morgan fingerprint density at radius 1 is 1.24 bits per heavy atom. The molecule has 3 fully saturated rings. The van der Waals surface area contributed by atoms with Gasteiger partial charge in [-0.05, 0) is 43.1 Å². The van der Waals surface area contributed by atoms with E-state index in [0.717, 1.165) is 12.0 Å². The third-order valence-electron chi connectivity index (χ3n) is 7.98. The average Bonchev–Trinajstić information content (AvgIpc) is 3.33. The lowest BCUT2D eigenvalue weighted by Gasteiger charge is -2.56. The SMILES string of the molecule is CCCCC(=O)O[C@H]1C[C@@H](C(=O)OC)[C@]2(C)CC[C@H]3C(=O)O[C@H](c4ccoc4)C[C@@H]3[C@H]2C1=O. The molecule has 2 aliphatic carbocycles. The summed E-state index contributed by atoms with van der Waals surface area (Å²) in [5, 5.41) is 0. The van der Waals surface area contributed by atoms with Crippen molar-refractivity contribution in [2.75, 3.05) is 7.11 Å². The van der Waals surface area contributed by atoms with Gasteiger partial charge in [0.15, 0.2) is 11.9 Å². The fourth-order valence-corrected chi connectivity index (χ4v) is 6.21. The molecule has 4 rings (SSSR count). The number of rotatable bonds is 6. The van der Waals surface area contributed by atoms with E-state index in [2.05, 4.69) is 0 Å². The molecule has 0 unspecified atom stereocenters. The second-order valence-electron chi connectivity index (χ2n) is 9.81. The van der Waals surface area contributed by atoms with Crippen LogP contribution in [-0.2, 0) is 33.4 Å².